The molecule has 0 amide bonds. The third-order valence-corrected chi connectivity index (χ3v) is 4.44. The molecule has 2 unspecified atom stereocenters. The molecule has 2 aromatic rings. The third-order valence-electron chi connectivity index (χ3n) is 4.44. The lowest BCUT2D eigenvalue weighted by atomic mass is 9.90. The Kier molecular flexibility index (Phi) is 4.94. The van der Waals surface area contributed by atoms with Gasteiger partial charge >= 0.3 is 5.97 Å². The second kappa shape index (κ2) is 7.13. The van der Waals surface area contributed by atoms with E-state index < -0.39 is 5.97 Å². The van der Waals surface area contributed by atoms with Crippen LogP contribution in [-0.4, -0.2) is 38.8 Å². The van der Waals surface area contributed by atoms with Crippen molar-refractivity contribution in [3.05, 3.63) is 53.6 Å². The maximum atomic E-state index is 12.9. The molecule has 1 fully saturated rings. The predicted octanol–water partition coefficient (Wildman–Crippen LogP) is 2.61. The van der Waals surface area contributed by atoms with Crippen LogP contribution in [0.2, 0.25) is 0 Å². The Morgan fingerprint density at radius 2 is 2.00 bits per heavy atom. The van der Waals surface area contributed by atoms with E-state index in [2.05, 4.69) is 16.9 Å². The number of likely N-dealkylation sites (tertiary alicyclic amines) is 1. The molecule has 0 spiro atoms. The first-order chi connectivity index (χ1) is 11.5. The van der Waals surface area contributed by atoms with Gasteiger partial charge in [-0.05, 0) is 30.0 Å². The molecule has 1 aliphatic rings. The van der Waals surface area contributed by atoms with Crippen LogP contribution >= 0.6 is 0 Å². The van der Waals surface area contributed by atoms with Crippen molar-refractivity contribution >= 4 is 5.97 Å². The van der Waals surface area contributed by atoms with E-state index in [0.29, 0.717) is 25.6 Å². The zero-order chi connectivity index (χ0) is 17.1. The van der Waals surface area contributed by atoms with E-state index >= 15 is 0 Å². The van der Waals surface area contributed by atoms with Gasteiger partial charge in [0, 0.05) is 31.4 Å². The first-order valence-corrected chi connectivity index (χ1v) is 8.20. The minimum atomic E-state index is -0.710. The summed E-state index contributed by atoms with van der Waals surface area (Å²) in [5.74, 6) is -0.859. The predicted molar refractivity (Wildman–Crippen MR) is 87.9 cm³/mol. The van der Waals surface area contributed by atoms with Crippen molar-refractivity contribution in [3.8, 4) is 0 Å². The number of aliphatic carboxylic acids is 1. The number of carboxylic acids is 1. The van der Waals surface area contributed by atoms with Crippen LogP contribution in [0.15, 0.2) is 36.7 Å². The van der Waals surface area contributed by atoms with Gasteiger partial charge in [-0.2, -0.15) is 5.10 Å². The molecule has 1 saturated heterocycles. The van der Waals surface area contributed by atoms with E-state index in [9.17, 15) is 14.3 Å². The number of benzene rings is 1. The molecule has 0 aliphatic carbocycles. The summed E-state index contributed by atoms with van der Waals surface area (Å²) in [6.45, 7) is 4.89. The molecule has 24 heavy (non-hydrogen) atoms. The van der Waals surface area contributed by atoms with Crippen molar-refractivity contribution in [2.45, 2.75) is 26.4 Å². The van der Waals surface area contributed by atoms with E-state index in [1.54, 1.807) is 12.1 Å². The van der Waals surface area contributed by atoms with Gasteiger partial charge in [-0.15, -0.1) is 0 Å². The maximum absolute atomic E-state index is 12.9. The molecular weight excluding hydrogens is 309 g/mol. The van der Waals surface area contributed by atoms with E-state index in [4.69, 9.17) is 0 Å². The highest BCUT2D eigenvalue weighted by atomic mass is 19.1. The average Bonchev–Trinajstić information content (AvgIpc) is 2.96. The Hall–Kier alpha value is -2.21. The second-order valence-corrected chi connectivity index (χ2v) is 6.74. The standard InChI is InChI=1S/C18H22FN3O2/c1-13-6-16(18(23)24)12-21(8-13)9-15-7-20-22(11-15)10-14-2-4-17(19)5-3-14/h2-5,7,11,13,16H,6,8-10,12H2,1H3,(H,23,24). The van der Waals surface area contributed by atoms with Crippen LogP contribution in [0.5, 0.6) is 0 Å². The van der Waals surface area contributed by atoms with Crippen LogP contribution in [0.3, 0.4) is 0 Å². The van der Waals surface area contributed by atoms with Crippen molar-refractivity contribution in [2.24, 2.45) is 11.8 Å². The molecule has 1 aromatic carbocycles. The second-order valence-electron chi connectivity index (χ2n) is 6.74. The number of hydrogen-bond donors (Lipinski definition) is 1. The number of piperidine rings is 1. The summed E-state index contributed by atoms with van der Waals surface area (Å²) in [7, 11) is 0. The highest BCUT2D eigenvalue weighted by molar-refractivity contribution is 5.70. The smallest absolute Gasteiger partial charge is 0.307 e. The summed E-state index contributed by atoms with van der Waals surface area (Å²) in [5.41, 5.74) is 2.05. The van der Waals surface area contributed by atoms with Crippen LogP contribution in [0.25, 0.3) is 0 Å². The number of carboxylic acid groups (broad SMARTS) is 1. The van der Waals surface area contributed by atoms with Gasteiger partial charge in [-0.3, -0.25) is 14.4 Å². The zero-order valence-corrected chi connectivity index (χ0v) is 13.7. The van der Waals surface area contributed by atoms with E-state index in [1.807, 2.05) is 17.1 Å². The lowest BCUT2D eigenvalue weighted by molar-refractivity contribution is -0.144. The summed E-state index contributed by atoms with van der Waals surface area (Å²) >= 11 is 0. The quantitative estimate of drug-likeness (QED) is 0.915. The molecule has 5 nitrogen and oxygen atoms in total. The first-order valence-electron chi connectivity index (χ1n) is 8.20. The Morgan fingerprint density at radius 3 is 2.71 bits per heavy atom. The number of halogens is 1. The Labute approximate surface area is 140 Å². The lowest BCUT2D eigenvalue weighted by Gasteiger charge is -2.34. The van der Waals surface area contributed by atoms with Crippen molar-refractivity contribution < 1.29 is 14.3 Å². The van der Waals surface area contributed by atoms with E-state index in [0.717, 1.165) is 24.1 Å². The number of aromatic nitrogens is 2. The van der Waals surface area contributed by atoms with Gasteiger partial charge in [0.1, 0.15) is 5.82 Å². The molecule has 0 saturated carbocycles. The molecule has 128 valence electrons. The summed E-state index contributed by atoms with van der Waals surface area (Å²) < 4.78 is 14.8. The summed E-state index contributed by atoms with van der Waals surface area (Å²) in [6, 6.07) is 6.39. The normalized spacial score (nSPS) is 21.8. The van der Waals surface area contributed by atoms with Gasteiger partial charge in [0.05, 0.1) is 18.7 Å². The Bertz CT molecular complexity index is 699. The molecular formula is C18H22FN3O2. The van der Waals surface area contributed by atoms with E-state index in [-0.39, 0.29) is 11.7 Å². The van der Waals surface area contributed by atoms with Crippen molar-refractivity contribution in [2.75, 3.05) is 13.1 Å². The summed E-state index contributed by atoms with van der Waals surface area (Å²) in [6.07, 6.45) is 4.53. The summed E-state index contributed by atoms with van der Waals surface area (Å²) in [4.78, 5) is 13.4. The molecule has 2 atom stereocenters. The fourth-order valence-corrected chi connectivity index (χ4v) is 3.38. The minimum absolute atomic E-state index is 0.243. The highest BCUT2D eigenvalue weighted by Gasteiger charge is 2.29. The van der Waals surface area contributed by atoms with Crippen LogP contribution < -0.4 is 0 Å². The van der Waals surface area contributed by atoms with Gasteiger partial charge in [-0.1, -0.05) is 19.1 Å². The van der Waals surface area contributed by atoms with E-state index in [1.165, 1.54) is 12.1 Å². The molecule has 1 aromatic heterocycles. The largest absolute Gasteiger partial charge is 0.481 e. The van der Waals surface area contributed by atoms with Gasteiger partial charge in [0.2, 0.25) is 0 Å². The lowest BCUT2D eigenvalue weighted by Crippen LogP contribution is -2.41. The number of nitrogens with zero attached hydrogens (tertiary/aromatic N) is 3. The third kappa shape index (κ3) is 4.20. The molecule has 6 heteroatoms. The number of rotatable bonds is 5. The van der Waals surface area contributed by atoms with Crippen LogP contribution in [0.4, 0.5) is 4.39 Å². The van der Waals surface area contributed by atoms with Gasteiger partial charge in [0.25, 0.3) is 0 Å². The fourth-order valence-electron chi connectivity index (χ4n) is 3.38. The maximum Gasteiger partial charge on any atom is 0.307 e. The Balaban J connectivity index is 1.61. The van der Waals surface area contributed by atoms with Gasteiger partial charge in [0.15, 0.2) is 0 Å². The Morgan fingerprint density at radius 1 is 1.25 bits per heavy atom. The minimum Gasteiger partial charge on any atom is -0.481 e. The first kappa shape index (κ1) is 16.6. The molecule has 0 radical (unpaired) electrons. The van der Waals surface area contributed by atoms with Gasteiger partial charge in [-0.25, -0.2) is 4.39 Å². The zero-order valence-electron chi connectivity index (χ0n) is 13.7. The summed E-state index contributed by atoms with van der Waals surface area (Å²) in [5, 5.41) is 13.6. The molecule has 3 rings (SSSR count). The van der Waals surface area contributed by atoms with Crippen LogP contribution in [0, 0.1) is 17.7 Å². The van der Waals surface area contributed by atoms with Crippen LogP contribution in [0.1, 0.15) is 24.5 Å². The number of hydrogen-bond acceptors (Lipinski definition) is 3. The molecule has 0 bridgehead atoms. The molecule has 1 N–H and O–H groups in total. The molecule has 1 aliphatic heterocycles. The molecule has 2 heterocycles. The van der Waals surface area contributed by atoms with Crippen molar-refractivity contribution in [1.29, 1.82) is 0 Å². The van der Waals surface area contributed by atoms with Crippen LogP contribution in [-0.2, 0) is 17.9 Å². The van der Waals surface area contributed by atoms with Crippen molar-refractivity contribution in [1.82, 2.24) is 14.7 Å². The average molecular weight is 331 g/mol. The fraction of sp³-hybridized carbons (Fsp3) is 0.444. The van der Waals surface area contributed by atoms with Gasteiger partial charge < -0.3 is 5.11 Å². The highest BCUT2D eigenvalue weighted by Crippen LogP contribution is 2.23. The topological polar surface area (TPSA) is 58.4 Å². The monoisotopic (exact) mass is 331 g/mol. The van der Waals surface area contributed by atoms with Crippen molar-refractivity contribution in [3.63, 3.8) is 0 Å². The SMILES string of the molecule is CC1CC(C(=O)O)CN(Cc2cnn(Cc3ccc(F)cc3)c2)C1. The number of carbonyl (C=O) groups is 1.